The minimum atomic E-state index is 0.00390. The highest BCUT2D eigenvalue weighted by Gasteiger charge is 2.28. The summed E-state index contributed by atoms with van der Waals surface area (Å²) in [5, 5.41) is 3.09. The first-order valence-electron chi connectivity index (χ1n) is 10.0. The molecule has 0 unspecified atom stereocenters. The lowest BCUT2D eigenvalue weighted by atomic mass is 9.87. The van der Waals surface area contributed by atoms with Crippen LogP contribution in [-0.2, 0) is 28.8 Å². The van der Waals surface area contributed by atoms with Crippen LogP contribution in [0.1, 0.15) is 32.1 Å². The topological polar surface area (TPSA) is 58.6 Å². The van der Waals surface area contributed by atoms with Gasteiger partial charge in [-0.05, 0) is 42.9 Å². The monoisotopic (exact) mass is 398 g/mol. The van der Waals surface area contributed by atoms with E-state index in [2.05, 4.69) is 17.4 Å². The van der Waals surface area contributed by atoms with Crippen molar-refractivity contribution < 1.29 is 14.3 Å². The van der Waals surface area contributed by atoms with Crippen LogP contribution in [0.3, 0.4) is 0 Å². The first-order chi connectivity index (χ1) is 13.7. The van der Waals surface area contributed by atoms with Gasteiger partial charge in [0, 0.05) is 30.4 Å². The highest BCUT2D eigenvalue weighted by Crippen LogP contribution is 2.33. The Morgan fingerprint density at radius 2 is 1.96 bits per heavy atom. The molecule has 0 spiro atoms. The minimum Gasteiger partial charge on any atom is -0.378 e. The number of ether oxygens (including phenoxy) is 1. The van der Waals surface area contributed by atoms with Crippen LogP contribution in [0.25, 0.3) is 0 Å². The second-order valence-electron chi connectivity index (χ2n) is 7.43. The summed E-state index contributed by atoms with van der Waals surface area (Å²) < 4.78 is 5.33. The van der Waals surface area contributed by atoms with Crippen LogP contribution in [0, 0.1) is 5.92 Å². The molecular weight excluding hydrogens is 372 g/mol. The molecular formula is C22H26N2O3S. The molecule has 2 aliphatic rings. The molecule has 5 nitrogen and oxygen atoms in total. The fraction of sp³-hybridized carbons (Fsp3) is 0.455. The van der Waals surface area contributed by atoms with Crippen LogP contribution in [0.2, 0.25) is 0 Å². The summed E-state index contributed by atoms with van der Waals surface area (Å²) in [5.41, 5.74) is 2.41. The lowest BCUT2D eigenvalue weighted by Crippen LogP contribution is -2.40. The number of thiophene rings is 1. The third-order valence-corrected chi connectivity index (χ3v) is 6.74. The Kier molecular flexibility index (Phi) is 6.07. The summed E-state index contributed by atoms with van der Waals surface area (Å²) >= 11 is 1.60. The van der Waals surface area contributed by atoms with E-state index in [1.54, 1.807) is 11.3 Å². The summed E-state index contributed by atoms with van der Waals surface area (Å²) in [7, 11) is 0. The van der Waals surface area contributed by atoms with Gasteiger partial charge in [-0.25, -0.2) is 0 Å². The van der Waals surface area contributed by atoms with Crippen LogP contribution >= 0.6 is 11.3 Å². The number of carbonyl (C=O) groups excluding carboxylic acids is 2. The van der Waals surface area contributed by atoms with Crippen molar-refractivity contribution in [3.8, 4) is 0 Å². The number of fused-ring (bicyclic) bond motifs is 1. The summed E-state index contributed by atoms with van der Waals surface area (Å²) in [6.07, 6.45) is 3.32. The average molecular weight is 399 g/mol. The molecule has 1 aromatic carbocycles. The first kappa shape index (κ1) is 19.2. The van der Waals surface area contributed by atoms with Crippen molar-refractivity contribution in [1.82, 2.24) is 10.2 Å². The smallest absolute Gasteiger partial charge is 0.264 e. The van der Waals surface area contributed by atoms with Crippen LogP contribution in [0.4, 0.5) is 0 Å². The summed E-state index contributed by atoms with van der Waals surface area (Å²) in [5.74, 6) is 0.240. The second-order valence-corrected chi connectivity index (χ2v) is 8.57. The van der Waals surface area contributed by atoms with E-state index in [0.717, 1.165) is 30.6 Å². The number of aryl methyl sites for hydroxylation is 1. The maximum Gasteiger partial charge on any atom is 0.264 e. The molecule has 1 saturated heterocycles. The fourth-order valence-electron chi connectivity index (χ4n) is 3.89. The molecule has 1 N–H and O–H groups in total. The van der Waals surface area contributed by atoms with Gasteiger partial charge in [-0.1, -0.05) is 30.3 Å². The Morgan fingerprint density at radius 3 is 2.75 bits per heavy atom. The van der Waals surface area contributed by atoms with Gasteiger partial charge in [-0.15, -0.1) is 11.3 Å². The minimum absolute atomic E-state index is 0.00390. The van der Waals surface area contributed by atoms with Gasteiger partial charge in [0.1, 0.15) is 0 Å². The predicted molar refractivity (Wildman–Crippen MR) is 110 cm³/mol. The Hall–Kier alpha value is -2.18. The molecule has 1 aliphatic carbocycles. The molecule has 0 bridgehead atoms. The van der Waals surface area contributed by atoms with Crippen molar-refractivity contribution in [3.05, 3.63) is 57.3 Å². The van der Waals surface area contributed by atoms with Gasteiger partial charge in [-0.3, -0.25) is 9.59 Å². The Bertz CT molecular complexity index is 828. The lowest BCUT2D eigenvalue weighted by molar-refractivity contribution is -0.125. The van der Waals surface area contributed by atoms with E-state index in [4.69, 9.17) is 4.74 Å². The van der Waals surface area contributed by atoms with E-state index >= 15 is 0 Å². The summed E-state index contributed by atoms with van der Waals surface area (Å²) in [4.78, 5) is 29.2. The molecule has 148 valence electrons. The number of rotatable bonds is 5. The number of hydrogen-bond acceptors (Lipinski definition) is 4. The third-order valence-electron chi connectivity index (χ3n) is 5.52. The molecule has 28 heavy (non-hydrogen) atoms. The third kappa shape index (κ3) is 4.45. The molecule has 2 amide bonds. The van der Waals surface area contributed by atoms with Crippen molar-refractivity contribution in [2.75, 3.05) is 32.8 Å². The van der Waals surface area contributed by atoms with Gasteiger partial charge >= 0.3 is 0 Å². The van der Waals surface area contributed by atoms with Crippen molar-refractivity contribution >= 4 is 23.2 Å². The van der Waals surface area contributed by atoms with Crippen molar-refractivity contribution in [1.29, 1.82) is 0 Å². The molecule has 0 radical (unpaired) electrons. The number of nitrogens with zero attached hydrogens (tertiary/aromatic N) is 1. The Labute approximate surface area is 169 Å². The summed E-state index contributed by atoms with van der Waals surface area (Å²) in [6, 6.07) is 12.2. The number of carbonyl (C=O) groups is 2. The Morgan fingerprint density at radius 1 is 1.18 bits per heavy atom. The fourth-order valence-corrected chi connectivity index (χ4v) is 5.07. The zero-order valence-electron chi connectivity index (χ0n) is 16.0. The maximum atomic E-state index is 12.7. The maximum absolute atomic E-state index is 12.7. The number of amides is 2. The van der Waals surface area contributed by atoms with E-state index < -0.39 is 0 Å². The van der Waals surface area contributed by atoms with E-state index in [1.165, 1.54) is 16.0 Å². The standard InChI is InChI=1S/C22H26N2O3S/c25-21(23-9-8-16-4-2-1-3-5-16)17-6-7-19-18(14-17)15-20(28-19)22(26)24-10-12-27-13-11-24/h1-5,15,17H,6-14H2,(H,23,25)/t17-/m1/s1. The lowest BCUT2D eigenvalue weighted by Gasteiger charge is -2.26. The van der Waals surface area contributed by atoms with Crippen LogP contribution < -0.4 is 5.32 Å². The van der Waals surface area contributed by atoms with Gasteiger partial charge in [-0.2, -0.15) is 0 Å². The largest absolute Gasteiger partial charge is 0.378 e. The molecule has 1 fully saturated rings. The predicted octanol–water partition coefficient (Wildman–Crippen LogP) is 2.68. The van der Waals surface area contributed by atoms with E-state index in [0.29, 0.717) is 32.8 Å². The van der Waals surface area contributed by atoms with Gasteiger partial charge < -0.3 is 15.0 Å². The number of morpholine rings is 1. The number of hydrogen-bond donors (Lipinski definition) is 1. The van der Waals surface area contributed by atoms with E-state index in [9.17, 15) is 9.59 Å². The van der Waals surface area contributed by atoms with E-state index in [1.807, 2.05) is 29.2 Å². The number of benzene rings is 1. The molecule has 2 heterocycles. The van der Waals surface area contributed by atoms with Crippen molar-refractivity contribution in [2.24, 2.45) is 5.92 Å². The van der Waals surface area contributed by atoms with Crippen LogP contribution in [-0.4, -0.2) is 49.6 Å². The zero-order chi connectivity index (χ0) is 19.3. The van der Waals surface area contributed by atoms with Gasteiger partial charge in [0.2, 0.25) is 5.91 Å². The average Bonchev–Trinajstić information content (AvgIpc) is 3.18. The Balaban J connectivity index is 1.32. The highest BCUT2D eigenvalue weighted by atomic mass is 32.1. The molecule has 1 atom stereocenters. The SMILES string of the molecule is O=C(NCCc1ccccc1)[C@@H]1CCc2sc(C(=O)N3CCOCC3)cc2C1. The molecule has 4 rings (SSSR count). The zero-order valence-corrected chi connectivity index (χ0v) is 16.8. The van der Waals surface area contributed by atoms with Crippen molar-refractivity contribution in [3.63, 3.8) is 0 Å². The quantitative estimate of drug-likeness (QED) is 0.843. The van der Waals surface area contributed by atoms with Crippen LogP contribution in [0.5, 0.6) is 0 Å². The normalized spacial score (nSPS) is 19.1. The van der Waals surface area contributed by atoms with Crippen LogP contribution in [0.15, 0.2) is 36.4 Å². The van der Waals surface area contributed by atoms with Gasteiger partial charge in [0.05, 0.1) is 18.1 Å². The van der Waals surface area contributed by atoms with Crippen molar-refractivity contribution in [2.45, 2.75) is 25.7 Å². The second kappa shape index (κ2) is 8.88. The molecule has 1 aromatic heterocycles. The number of nitrogens with one attached hydrogen (secondary N) is 1. The molecule has 6 heteroatoms. The molecule has 2 aromatic rings. The first-order valence-corrected chi connectivity index (χ1v) is 10.8. The highest BCUT2D eigenvalue weighted by molar-refractivity contribution is 7.14. The van der Waals surface area contributed by atoms with E-state index in [-0.39, 0.29) is 17.7 Å². The van der Waals surface area contributed by atoms with Gasteiger partial charge in [0.25, 0.3) is 5.91 Å². The summed E-state index contributed by atoms with van der Waals surface area (Å²) in [6.45, 7) is 3.21. The molecule has 1 aliphatic heterocycles. The molecule has 0 saturated carbocycles. The van der Waals surface area contributed by atoms with Gasteiger partial charge in [0.15, 0.2) is 0 Å².